The van der Waals surface area contributed by atoms with Crippen LogP contribution in [-0.2, 0) is 33.8 Å². The van der Waals surface area contributed by atoms with Crippen molar-refractivity contribution in [1.29, 1.82) is 0 Å². The van der Waals surface area contributed by atoms with Gasteiger partial charge in [0.2, 0.25) is 11.8 Å². The van der Waals surface area contributed by atoms with Crippen molar-refractivity contribution in [2.24, 2.45) is 0 Å². The number of esters is 1. The molecule has 2 amide bonds. The zero-order valence-corrected chi connectivity index (χ0v) is 20.4. The highest BCUT2D eigenvalue weighted by Gasteiger charge is 2.35. The minimum absolute atomic E-state index is 0.00204. The molecule has 2 aliphatic rings. The van der Waals surface area contributed by atoms with E-state index in [2.05, 4.69) is 5.10 Å². The van der Waals surface area contributed by atoms with Gasteiger partial charge in [0.15, 0.2) is 5.69 Å². The lowest BCUT2D eigenvalue weighted by molar-refractivity contribution is -0.139. The highest BCUT2D eigenvalue weighted by Crippen LogP contribution is 2.29. The van der Waals surface area contributed by atoms with Crippen molar-refractivity contribution in [3.8, 4) is 0 Å². The first-order valence-electron chi connectivity index (χ1n) is 12.4. The Balaban J connectivity index is 1.31. The van der Waals surface area contributed by atoms with Crippen LogP contribution in [0.4, 0.5) is 0 Å². The van der Waals surface area contributed by atoms with Crippen molar-refractivity contribution in [2.45, 2.75) is 38.8 Å². The maximum Gasteiger partial charge on any atom is 0.359 e. The van der Waals surface area contributed by atoms with Crippen LogP contribution in [0.15, 0.2) is 60.7 Å². The number of amides is 2. The molecule has 5 rings (SSSR count). The molecule has 3 heterocycles. The van der Waals surface area contributed by atoms with Crippen molar-refractivity contribution >= 4 is 17.8 Å². The second-order valence-electron chi connectivity index (χ2n) is 9.29. The van der Waals surface area contributed by atoms with E-state index in [1.165, 1.54) is 0 Å². The monoisotopic (exact) mass is 486 g/mol. The predicted molar refractivity (Wildman–Crippen MR) is 133 cm³/mol. The fourth-order valence-electron chi connectivity index (χ4n) is 5.09. The van der Waals surface area contributed by atoms with Crippen molar-refractivity contribution in [3.63, 3.8) is 0 Å². The SMILES string of the molecule is CCOC(=O)c1nn(Cc2ccccc2)c2c1CN(C(=O)CN1CC(c3ccccc3)CC1=O)CC2. The van der Waals surface area contributed by atoms with Crippen LogP contribution < -0.4 is 0 Å². The number of fused-ring (bicyclic) bond motifs is 1. The Hall–Kier alpha value is -3.94. The average molecular weight is 487 g/mol. The molecule has 3 aromatic rings. The second kappa shape index (κ2) is 10.4. The summed E-state index contributed by atoms with van der Waals surface area (Å²) in [5.74, 6) is -0.493. The molecular weight excluding hydrogens is 456 g/mol. The summed E-state index contributed by atoms with van der Waals surface area (Å²) in [4.78, 5) is 42.0. The molecule has 1 aromatic heterocycles. The van der Waals surface area contributed by atoms with Gasteiger partial charge in [-0.1, -0.05) is 60.7 Å². The maximum atomic E-state index is 13.2. The third kappa shape index (κ3) is 4.89. The van der Waals surface area contributed by atoms with Gasteiger partial charge in [0.05, 0.1) is 19.7 Å². The molecule has 0 bridgehead atoms. The molecule has 0 N–H and O–H groups in total. The molecule has 1 saturated heterocycles. The molecule has 0 radical (unpaired) electrons. The Morgan fingerprint density at radius 1 is 1.06 bits per heavy atom. The van der Waals surface area contributed by atoms with Crippen molar-refractivity contribution < 1.29 is 19.1 Å². The van der Waals surface area contributed by atoms with Crippen molar-refractivity contribution in [1.82, 2.24) is 19.6 Å². The molecule has 0 spiro atoms. The topological polar surface area (TPSA) is 84.7 Å². The molecule has 2 aliphatic heterocycles. The van der Waals surface area contributed by atoms with Crippen LogP contribution in [0.1, 0.15) is 52.1 Å². The molecule has 0 saturated carbocycles. The molecule has 2 aromatic carbocycles. The number of ether oxygens (including phenoxy) is 1. The van der Waals surface area contributed by atoms with E-state index < -0.39 is 5.97 Å². The molecule has 1 unspecified atom stereocenters. The quantitative estimate of drug-likeness (QED) is 0.480. The minimum atomic E-state index is -0.477. The van der Waals surface area contributed by atoms with E-state index >= 15 is 0 Å². The lowest BCUT2D eigenvalue weighted by atomic mass is 9.99. The molecular formula is C28H30N4O4. The minimum Gasteiger partial charge on any atom is -0.461 e. The summed E-state index contributed by atoms with van der Waals surface area (Å²) in [6.45, 7) is 3.93. The van der Waals surface area contributed by atoms with Crippen LogP contribution in [0, 0.1) is 0 Å². The van der Waals surface area contributed by atoms with Crippen molar-refractivity contribution in [2.75, 3.05) is 26.2 Å². The Kier molecular flexibility index (Phi) is 6.84. The van der Waals surface area contributed by atoms with Crippen LogP contribution in [-0.4, -0.2) is 63.6 Å². The smallest absolute Gasteiger partial charge is 0.359 e. The van der Waals surface area contributed by atoms with E-state index in [9.17, 15) is 14.4 Å². The van der Waals surface area contributed by atoms with Crippen molar-refractivity contribution in [3.05, 3.63) is 88.7 Å². The van der Waals surface area contributed by atoms with Crippen LogP contribution in [0.2, 0.25) is 0 Å². The third-order valence-corrected chi connectivity index (χ3v) is 6.94. The summed E-state index contributed by atoms with van der Waals surface area (Å²) in [6, 6.07) is 19.9. The lowest BCUT2D eigenvalue weighted by Gasteiger charge is -2.29. The number of hydrogen-bond donors (Lipinski definition) is 0. The molecule has 36 heavy (non-hydrogen) atoms. The van der Waals surface area contributed by atoms with Gasteiger partial charge in [-0.15, -0.1) is 0 Å². The van der Waals surface area contributed by atoms with Gasteiger partial charge in [-0.25, -0.2) is 4.79 Å². The fourth-order valence-corrected chi connectivity index (χ4v) is 5.09. The predicted octanol–water partition coefficient (Wildman–Crippen LogP) is 3.01. The van der Waals surface area contributed by atoms with Crippen LogP contribution in [0.25, 0.3) is 0 Å². The largest absolute Gasteiger partial charge is 0.461 e. The molecule has 0 aliphatic carbocycles. The molecule has 8 nitrogen and oxygen atoms in total. The zero-order valence-electron chi connectivity index (χ0n) is 20.4. The average Bonchev–Trinajstić information content (AvgIpc) is 3.45. The first-order valence-corrected chi connectivity index (χ1v) is 12.4. The summed E-state index contributed by atoms with van der Waals surface area (Å²) in [5, 5.41) is 4.60. The Morgan fingerprint density at radius 3 is 2.50 bits per heavy atom. The standard InChI is InChI=1S/C28H30N4O4/c1-2-36-28(35)27-23-18-30(14-13-24(23)32(29-27)16-20-9-5-3-6-10-20)26(34)19-31-17-22(15-25(31)33)21-11-7-4-8-12-21/h3-12,22H,2,13-19H2,1H3. The Morgan fingerprint density at radius 2 is 1.78 bits per heavy atom. The molecule has 186 valence electrons. The van der Waals surface area contributed by atoms with Crippen LogP contribution >= 0.6 is 0 Å². The first kappa shape index (κ1) is 23.8. The molecule has 1 fully saturated rings. The Labute approximate surface area is 210 Å². The van der Waals surface area contributed by atoms with Gasteiger partial charge in [-0.3, -0.25) is 14.3 Å². The number of benzene rings is 2. The highest BCUT2D eigenvalue weighted by molar-refractivity contribution is 5.90. The summed E-state index contributed by atoms with van der Waals surface area (Å²) in [6.07, 6.45) is 1.00. The van der Waals surface area contributed by atoms with Gasteiger partial charge in [0.25, 0.3) is 0 Å². The van der Waals surface area contributed by atoms with Gasteiger partial charge in [-0.05, 0) is 18.1 Å². The first-order chi connectivity index (χ1) is 17.5. The van der Waals surface area contributed by atoms with Gasteiger partial charge in [-0.2, -0.15) is 5.10 Å². The number of nitrogens with zero attached hydrogens (tertiary/aromatic N) is 4. The third-order valence-electron chi connectivity index (χ3n) is 6.94. The number of likely N-dealkylation sites (tertiary alicyclic amines) is 1. The molecule has 8 heteroatoms. The number of carbonyl (C=O) groups is 3. The summed E-state index contributed by atoms with van der Waals surface area (Å²) >= 11 is 0. The van der Waals surface area contributed by atoms with E-state index in [4.69, 9.17) is 4.74 Å². The second-order valence-corrected chi connectivity index (χ2v) is 9.29. The number of hydrogen-bond acceptors (Lipinski definition) is 5. The lowest BCUT2D eigenvalue weighted by Crippen LogP contribution is -2.43. The van der Waals surface area contributed by atoms with Gasteiger partial charge >= 0.3 is 5.97 Å². The normalized spacial score (nSPS) is 17.2. The highest BCUT2D eigenvalue weighted by atomic mass is 16.5. The van der Waals surface area contributed by atoms with Crippen LogP contribution in [0.3, 0.4) is 0 Å². The van der Waals surface area contributed by atoms with Gasteiger partial charge < -0.3 is 14.5 Å². The van der Waals surface area contributed by atoms with E-state index in [-0.39, 0.29) is 43.1 Å². The maximum absolute atomic E-state index is 13.2. The molecule has 1 atom stereocenters. The van der Waals surface area contributed by atoms with Gasteiger partial charge in [0.1, 0.15) is 0 Å². The van der Waals surface area contributed by atoms with E-state index in [1.807, 2.05) is 65.3 Å². The summed E-state index contributed by atoms with van der Waals surface area (Å²) < 4.78 is 7.11. The fraction of sp³-hybridized carbons (Fsp3) is 0.357. The zero-order chi connectivity index (χ0) is 25.1. The number of aromatic nitrogens is 2. The Bertz CT molecular complexity index is 1260. The number of carbonyl (C=O) groups excluding carboxylic acids is 3. The summed E-state index contributed by atoms with van der Waals surface area (Å²) in [7, 11) is 0. The van der Waals surface area contributed by atoms with E-state index in [1.54, 1.807) is 16.7 Å². The van der Waals surface area contributed by atoms with Gasteiger partial charge in [0, 0.05) is 49.7 Å². The summed E-state index contributed by atoms with van der Waals surface area (Å²) in [5.41, 5.74) is 4.15. The van der Waals surface area contributed by atoms with E-state index in [0.717, 1.165) is 22.4 Å². The number of rotatable bonds is 7. The van der Waals surface area contributed by atoms with E-state index in [0.29, 0.717) is 32.5 Å². The van der Waals surface area contributed by atoms with Crippen LogP contribution in [0.5, 0.6) is 0 Å².